The first-order chi connectivity index (χ1) is 13.5. The van der Waals surface area contributed by atoms with Crippen molar-refractivity contribution >= 4 is 17.5 Å². The Morgan fingerprint density at radius 3 is 2.82 bits per heavy atom. The van der Waals surface area contributed by atoms with Crippen LogP contribution in [0.4, 0.5) is 14.7 Å². The van der Waals surface area contributed by atoms with Crippen LogP contribution in [0.5, 0.6) is 5.75 Å². The molecule has 10 nitrogen and oxygen atoms in total. The van der Waals surface area contributed by atoms with Crippen LogP contribution in [-0.4, -0.2) is 47.8 Å². The lowest BCUT2D eigenvalue weighted by atomic mass is 10.1. The molecule has 0 aliphatic heterocycles. The second kappa shape index (κ2) is 6.98. The molecular weight excluding hydrogens is 374 g/mol. The van der Waals surface area contributed by atoms with Gasteiger partial charge in [-0.25, -0.2) is 13.6 Å². The molecule has 0 fully saturated rings. The third-order valence-electron chi connectivity index (χ3n) is 3.86. The number of aromatic nitrogens is 7. The van der Waals surface area contributed by atoms with Crippen molar-refractivity contribution in [3.8, 4) is 16.9 Å². The zero-order valence-corrected chi connectivity index (χ0v) is 14.4. The molecule has 0 saturated carbocycles. The van der Waals surface area contributed by atoms with E-state index in [2.05, 4.69) is 30.9 Å². The van der Waals surface area contributed by atoms with Crippen LogP contribution in [0.2, 0.25) is 0 Å². The summed E-state index contributed by atoms with van der Waals surface area (Å²) in [5, 5.41) is 17.1. The smallest absolute Gasteiger partial charge is 0.249 e. The van der Waals surface area contributed by atoms with Gasteiger partial charge in [-0.3, -0.25) is 10.1 Å². The van der Waals surface area contributed by atoms with Gasteiger partial charge in [0.05, 0.1) is 7.11 Å². The van der Waals surface area contributed by atoms with Crippen molar-refractivity contribution in [1.29, 1.82) is 0 Å². The van der Waals surface area contributed by atoms with Gasteiger partial charge in [0.1, 0.15) is 12.9 Å². The molecule has 4 aromatic rings. The topological polar surface area (TPSA) is 112 Å². The molecule has 0 radical (unpaired) electrons. The van der Waals surface area contributed by atoms with Crippen LogP contribution < -0.4 is 10.1 Å². The number of carbonyl (C=O) groups excluding carboxylic acids is 1. The number of benzene rings is 1. The number of nitrogens with zero attached hydrogens (tertiary/aromatic N) is 7. The van der Waals surface area contributed by atoms with Gasteiger partial charge < -0.3 is 4.74 Å². The van der Waals surface area contributed by atoms with Crippen LogP contribution >= 0.6 is 0 Å². The molecule has 0 unspecified atom stereocenters. The molecule has 4 rings (SSSR count). The van der Waals surface area contributed by atoms with E-state index >= 15 is 0 Å². The monoisotopic (exact) mass is 386 g/mol. The third-order valence-corrected chi connectivity index (χ3v) is 3.86. The normalized spacial score (nSPS) is 11.0. The number of fused-ring (bicyclic) bond motifs is 1. The number of rotatable bonds is 5. The van der Waals surface area contributed by atoms with Gasteiger partial charge in [-0.05, 0) is 34.7 Å². The number of pyridine rings is 1. The van der Waals surface area contributed by atoms with Gasteiger partial charge in [0.2, 0.25) is 17.7 Å². The molecule has 0 aliphatic rings. The van der Waals surface area contributed by atoms with Crippen molar-refractivity contribution < 1.29 is 18.3 Å². The Kier molecular flexibility index (Phi) is 4.35. The first-order valence-corrected chi connectivity index (χ1v) is 7.94. The lowest BCUT2D eigenvalue weighted by molar-refractivity contribution is -0.117. The highest BCUT2D eigenvalue weighted by molar-refractivity contribution is 5.88. The number of halogens is 2. The Balaban J connectivity index is 1.60. The molecule has 1 N–H and O–H groups in total. The molecule has 0 saturated heterocycles. The summed E-state index contributed by atoms with van der Waals surface area (Å²) < 4.78 is 35.6. The van der Waals surface area contributed by atoms with Gasteiger partial charge in [0.25, 0.3) is 0 Å². The lowest BCUT2D eigenvalue weighted by Crippen LogP contribution is -2.19. The van der Waals surface area contributed by atoms with E-state index < -0.39 is 17.5 Å². The van der Waals surface area contributed by atoms with E-state index in [-0.39, 0.29) is 23.8 Å². The molecular formula is C16H12F2N8O2. The molecule has 0 aliphatic carbocycles. The van der Waals surface area contributed by atoms with Crippen LogP contribution in [0, 0.1) is 11.6 Å². The van der Waals surface area contributed by atoms with Crippen molar-refractivity contribution in [2.75, 3.05) is 12.4 Å². The fourth-order valence-electron chi connectivity index (χ4n) is 2.57. The van der Waals surface area contributed by atoms with Crippen molar-refractivity contribution in [2.45, 2.75) is 6.54 Å². The van der Waals surface area contributed by atoms with Gasteiger partial charge >= 0.3 is 0 Å². The van der Waals surface area contributed by atoms with Gasteiger partial charge in [-0.2, -0.15) is 9.37 Å². The minimum Gasteiger partial charge on any atom is -0.494 e. The van der Waals surface area contributed by atoms with E-state index in [1.807, 2.05) is 0 Å². The number of hydrogen-bond donors (Lipinski definition) is 1. The van der Waals surface area contributed by atoms with E-state index in [9.17, 15) is 13.6 Å². The second-order valence-electron chi connectivity index (χ2n) is 5.65. The van der Waals surface area contributed by atoms with Gasteiger partial charge in [-0.1, -0.05) is 0 Å². The number of anilines is 1. The average Bonchev–Trinajstić information content (AvgIpc) is 3.32. The molecule has 0 atom stereocenters. The van der Waals surface area contributed by atoms with E-state index in [4.69, 9.17) is 4.74 Å². The summed E-state index contributed by atoms with van der Waals surface area (Å²) in [5.41, 5.74) is 0.832. The number of nitrogens with one attached hydrogen (secondary N) is 1. The van der Waals surface area contributed by atoms with Gasteiger partial charge in [0.15, 0.2) is 17.2 Å². The van der Waals surface area contributed by atoms with Crippen molar-refractivity contribution in [3.05, 3.63) is 48.4 Å². The molecule has 0 bridgehead atoms. The minimum absolute atomic E-state index is 0.0416. The number of amides is 1. The lowest BCUT2D eigenvalue weighted by Gasteiger charge is -2.07. The summed E-state index contributed by atoms with van der Waals surface area (Å²) in [4.78, 5) is 16.1. The average molecular weight is 386 g/mol. The number of methoxy groups -OCH3 is 1. The van der Waals surface area contributed by atoms with E-state index in [1.54, 1.807) is 12.1 Å². The van der Waals surface area contributed by atoms with Crippen LogP contribution in [0.1, 0.15) is 0 Å². The number of tetrazole rings is 1. The van der Waals surface area contributed by atoms with E-state index in [1.165, 1.54) is 41.0 Å². The predicted molar refractivity (Wildman–Crippen MR) is 91.3 cm³/mol. The van der Waals surface area contributed by atoms with E-state index in [0.717, 1.165) is 0 Å². The Labute approximate surface area is 155 Å². The highest BCUT2D eigenvalue weighted by Crippen LogP contribution is 2.29. The first kappa shape index (κ1) is 17.5. The SMILES string of the molecule is COc1ccc(-c2ccc3nc(NC(=O)Cn4cnnn4)nn3c2)c(F)c1F. The quantitative estimate of drug-likeness (QED) is 0.550. The highest BCUT2D eigenvalue weighted by atomic mass is 19.2. The molecule has 3 heterocycles. The predicted octanol–water partition coefficient (Wildman–Crippen LogP) is 1.31. The molecule has 0 spiro atoms. The summed E-state index contributed by atoms with van der Waals surface area (Å²) in [6.45, 7) is -0.107. The van der Waals surface area contributed by atoms with Crippen LogP contribution in [0.3, 0.4) is 0 Å². The van der Waals surface area contributed by atoms with Crippen LogP contribution in [-0.2, 0) is 11.3 Å². The number of ether oxygens (including phenoxy) is 1. The van der Waals surface area contributed by atoms with Crippen LogP contribution in [0.15, 0.2) is 36.8 Å². The van der Waals surface area contributed by atoms with Crippen molar-refractivity contribution in [3.63, 3.8) is 0 Å². The van der Waals surface area contributed by atoms with Crippen LogP contribution in [0.25, 0.3) is 16.8 Å². The van der Waals surface area contributed by atoms with Crippen molar-refractivity contribution in [1.82, 2.24) is 34.8 Å². The Morgan fingerprint density at radius 1 is 1.21 bits per heavy atom. The molecule has 1 aromatic carbocycles. The Morgan fingerprint density at radius 2 is 2.07 bits per heavy atom. The first-order valence-electron chi connectivity index (χ1n) is 7.94. The van der Waals surface area contributed by atoms with Gasteiger partial charge in [-0.15, -0.1) is 10.2 Å². The molecule has 12 heteroatoms. The fraction of sp³-hybridized carbons (Fsp3) is 0.125. The summed E-state index contributed by atoms with van der Waals surface area (Å²) >= 11 is 0. The fourth-order valence-corrected chi connectivity index (χ4v) is 2.57. The Hall–Kier alpha value is -3.96. The second-order valence-corrected chi connectivity index (χ2v) is 5.65. The summed E-state index contributed by atoms with van der Waals surface area (Å²) in [6.07, 6.45) is 2.77. The zero-order chi connectivity index (χ0) is 19.7. The largest absolute Gasteiger partial charge is 0.494 e. The number of carbonyl (C=O) groups is 1. The summed E-state index contributed by atoms with van der Waals surface area (Å²) in [5.74, 6) is -2.66. The maximum absolute atomic E-state index is 14.3. The Bertz CT molecular complexity index is 1160. The van der Waals surface area contributed by atoms with Crippen molar-refractivity contribution in [2.24, 2.45) is 0 Å². The number of hydrogen-bond acceptors (Lipinski definition) is 7. The minimum atomic E-state index is -1.07. The highest BCUT2D eigenvalue weighted by Gasteiger charge is 2.16. The maximum atomic E-state index is 14.3. The van der Waals surface area contributed by atoms with Gasteiger partial charge in [0, 0.05) is 17.3 Å². The standard InChI is InChI=1S/C16H12F2N8O2/c1-28-11-4-3-10(14(17)15(11)18)9-2-5-12-20-16(22-26(12)6-9)21-13(27)7-25-8-19-23-24-25/h2-6,8H,7H2,1H3,(H,21,22,27). The summed E-state index contributed by atoms with van der Waals surface area (Å²) in [6, 6.07) is 5.88. The third kappa shape index (κ3) is 3.22. The zero-order valence-electron chi connectivity index (χ0n) is 14.4. The molecule has 3 aromatic heterocycles. The van der Waals surface area contributed by atoms with E-state index in [0.29, 0.717) is 11.2 Å². The maximum Gasteiger partial charge on any atom is 0.249 e. The molecule has 1 amide bonds. The molecule has 28 heavy (non-hydrogen) atoms. The summed E-state index contributed by atoms with van der Waals surface area (Å²) in [7, 11) is 1.26. The molecule has 142 valence electrons.